The minimum absolute atomic E-state index is 0.183. The Balaban J connectivity index is 2.23. The molecule has 1 aliphatic heterocycles. The van der Waals surface area contributed by atoms with Crippen molar-refractivity contribution in [3.05, 3.63) is 23.2 Å². The molecule has 1 aromatic heterocycles. The Hall–Kier alpha value is -1.82. The second-order valence-corrected chi connectivity index (χ2v) is 5.82. The average molecular weight is 294 g/mol. The first kappa shape index (κ1) is 15.6. The van der Waals surface area contributed by atoms with Crippen LogP contribution < -0.4 is 0 Å². The molecule has 1 aliphatic rings. The SMILES string of the molecule is Cc1cc(C(=O)N2CC[C@@H](N(C)C)C[C@H]2C(=O)O)c(C)o1. The summed E-state index contributed by atoms with van der Waals surface area (Å²) in [5.74, 6) is -0.0102. The van der Waals surface area contributed by atoms with Crippen molar-refractivity contribution < 1.29 is 19.1 Å². The van der Waals surface area contributed by atoms with Gasteiger partial charge in [-0.15, -0.1) is 0 Å². The Kier molecular flexibility index (Phi) is 4.37. The second kappa shape index (κ2) is 5.89. The largest absolute Gasteiger partial charge is 0.480 e. The first-order chi connectivity index (χ1) is 9.81. The van der Waals surface area contributed by atoms with Crippen LogP contribution in [0, 0.1) is 13.8 Å². The van der Waals surface area contributed by atoms with E-state index in [9.17, 15) is 14.7 Å². The standard InChI is InChI=1S/C15H22N2O4/c1-9-7-12(10(2)21-9)14(18)17-6-5-11(16(3)4)8-13(17)15(19)20/h7,11,13H,5-6,8H2,1-4H3,(H,19,20)/t11-,13+/m1/s1. The van der Waals surface area contributed by atoms with Crippen LogP contribution in [-0.4, -0.2) is 59.5 Å². The molecular formula is C15H22N2O4. The fourth-order valence-corrected chi connectivity index (χ4v) is 2.89. The summed E-state index contributed by atoms with van der Waals surface area (Å²) in [4.78, 5) is 27.6. The Labute approximate surface area is 124 Å². The van der Waals surface area contributed by atoms with E-state index in [1.165, 1.54) is 4.90 Å². The molecule has 0 spiro atoms. The van der Waals surface area contributed by atoms with Crippen LogP contribution in [0.1, 0.15) is 34.7 Å². The highest BCUT2D eigenvalue weighted by Gasteiger charge is 2.38. The van der Waals surface area contributed by atoms with Crippen molar-refractivity contribution in [1.82, 2.24) is 9.80 Å². The number of aliphatic carboxylic acids is 1. The molecule has 6 nitrogen and oxygen atoms in total. The summed E-state index contributed by atoms with van der Waals surface area (Å²) in [5.41, 5.74) is 0.460. The first-order valence-electron chi connectivity index (χ1n) is 7.08. The first-order valence-corrected chi connectivity index (χ1v) is 7.08. The van der Waals surface area contributed by atoms with Crippen LogP contribution in [0.2, 0.25) is 0 Å². The van der Waals surface area contributed by atoms with Crippen molar-refractivity contribution in [2.75, 3.05) is 20.6 Å². The molecule has 1 aromatic rings. The normalized spacial score (nSPS) is 22.6. The van der Waals surface area contributed by atoms with Crippen LogP contribution >= 0.6 is 0 Å². The average Bonchev–Trinajstić information content (AvgIpc) is 2.76. The summed E-state index contributed by atoms with van der Waals surface area (Å²) in [6, 6.07) is 1.07. The van der Waals surface area contributed by atoms with E-state index in [0.717, 1.165) is 6.42 Å². The van der Waals surface area contributed by atoms with E-state index in [1.54, 1.807) is 19.9 Å². The Bertz CT molecular complexity index is 550. The van der Waals surface area contributed by atoms with Crippen molar-refractivity contribution in [2.45, 2.75) is 38.8 Å². The number of likely N-dealkylation sites (tertiary alicyclic amines) is 1. The van der Waals surface area contributed by atoms with Gasteiger partial charge in [0.2, 0.25) is 0 Å². The van der Waals surface area contributed by atoms with E-state index in [0.29, 0.717) is 30.0 Å². The number of hydrogen-bond donors (Lipinski definition) is 1. The van der Waals surface area contributed by atoms with Crippen LogP contribution in [-0.2, 0) is 4.79 Å². The van der Waals surface area contributed by atoms with Gasteiger partial charge >= 0.3 is 5.97 Å². The highest BCUT2D eigenvalue weighted by Crippen LogP contribution is 2.25. The summed E-state index contributed by atoms with van der Waals surface area (Å²) in [6.45, 7) is 3.95. The lowest BCUT2D eigenvalue weighted by atomic mass is 9.95. The molecule has 2 rings (SSSR count). The van der Waals surface area contributed by atoms with Gasteiger partial charge in [0.25, 0.3) is 5.91 Å². The zero-order valence-electron chi connectivity index (χ0n) is 12.9. The summed E-state index contributed by atoms with van der Waals surface area (Å²) in [5, 5.41) is 9.44. The van der Waals surface area contributed by atoms with Crippen molar-refractivity contribution in [2.24, 2.45) is 0 Å². The molecule has 6 heteroatoms. The number of carbonyl (C=O) groups is 2. The highest BCUT2D eigenvalue weighted by atomic mass is 16.4. The third kappa shape index (κ3) is 3.10. The van der Waals surface area contributed by atoms with Crippen LogP contribution in [0.5, 0.6) is 0 Å². The van der Waals surface area contributed by atoms with E-state index >= 15 is 0 Å². The lowest BCUT2D eigenvalue weighted by Crippen LogP contribution is -2.53. The van der Waals surface area contributed by atoms with Gasteiger partial charge in [-0.05, 0) is 46.9 Å². The van der Waals surface area contributed by atoms with Crippen molar-refractivity contribution in [3.8, 4) is 0 Å². The molecule has 2 atom stereocenters. The van der Waals surface area contributed by atoms with Gasteiger partial charge in [0.1, 0.15) is 17.6 Å². The highest BCUT2D eigenvalue weighted by molar-refractivity contribution is 5.97. The lowest BCUT2D eigenvalue weighted by Gasteiger charge is -2.39. The van der Waals surface area contributed by atoms with Gasteiger partial charge < -0.3 is 19.3 Å². The Morgan fingerprint density at radius 2 is 2.05 bits per heavy atom. The fourth-order valence-electron chi connectivity index (χ4n) is 2.89. The zero-order valence-corrected chi connectivity index (χ0v) is 12.9. The maximum absolute atomic E-state index is 12.6. The monoisotopic (exact) mass is 294 g/mol. The third-order valence-corrected chi connectivity index (χ3v) is 4.12. The number of rotatable bonds is 3. The molecule has 116 valence electrons. The summed E-state index contributed by atoms with van der Waals surface area (Å²) >= 11 is 0. The van der Waals surface area contributed by atoms with E-state index < -0.39 is 12.0 Å². The number of carboxylic acid groups (broad SMARTS) is 1. The Morgan fingerprint density at radius 3 is 2.52 bits per heavy atom. The predicted octanol–water partition coefficient (Wildman–Crippen LogP) is 1.52. The minimum Gasteiger partial charge on any atom is -0.480 e. The summed E-state index contributed by atoms with van der Waals surface area (Å²) in [6.07, 6.45) is 1.22. The minimum atomic E-state index is -0.951. The fraction of sp³-hybridized carbons (Fsp3) is 0.600. The molecule has 21 heavy (non-hydrogen) atoms. The molecular weight excluding hydrogens is 272 g/mol. The van der Waals surface area contributed by atoms with Gasteiger partial charge in [-0.25, -0.2) is 4.79 Å². The lowest BCUT2D eigenvalue weighted by molar-refractivity contribution is -0.144. The molecule has 0 aliphatic carbocycles. The summed E-state index contributed by atoms with van der Waals surface area (Å²) < 4.78 is 5.38. The topological polar surface area (TPSA) is 74.0 Å². The molecule has 1 amide bonds. The molecule has 0 bridgehead atoms. The van der Waals surface area contributed by atoms with Gasteiger partial charge in [0.15, 0.2) is 0 Å². The van der Waals surface area contributed by atoms with Crippen LogP contribution in [0.25, 0.3) is 0 Å². The van der Waals surface area contributed by atoms with Crippen LogP contribution in [0.15, 0.2) is 10.5 Å². The van der Waals surface area contributed by atoms with E-state index in [2.05, 4.69) is 0 Å². The van der Waals surface area contributed by atoms with Gasteiger partial charge in [0, 0.05) is 12.6 Å². The maximum atomic E-state index is 12.6. The summed E-state index contributed by atoms with van der Waals surface area (Å²) in [7, 11) is 3.87. The van der Waals surface area contributed by atoms with Gasteiger partial charge in [-0.3, -0.25) is 4.79 Å². The maximum Gasteiger partial charge on any atom is 0.326 e. The molecule has 0 radical (unpaired) electrons. The molecule has 0 unspecified atom stereocenters. The second-order valence-electron chi connectivity index (χ2n) is 5.82. The van der Waals surface area contributed by atoms with E-state index in [1.807, 2.05) is 19.0 Å². The molecule has 1 N–H and O–H groups in total. The number of piperidine rings is 1. The molecule has 1 fully saturated rings. The van der Waals surface area contributed by atoms with Crippen molar-refractivity contribution in [1.29, 1.82) is 0 Å². The number of carboxylic acids is 1. The smallest absolute Gasteiger partial charge is 0.326 e. The number of hydrogen-bond acceptors (Lipinski definition) is 4. The molecule has 0 saturated carbocycles. The van der Waals surface area contributed by atoms with Crippen molar-refractivity contribution in [3.63, 3.8) is 0 Å². The van der Waals surface area contributed by atoms with Gasteiger partial charge in [-0.1, -0.05) is 0 Å². The number of carbonyl (C=O) groups excluding carboxylic acids is 1. The van der Waals surface area contributed by atoms with Gasteiger partial charge in [0.05, 0.1) is 5.56 Å². The van der Waals surface area contributed by atoms with Gasteiger partial charge in [-0.2, -0.15) is 0 Å². The predicted molar refractivity (Wildman–Crippen MR) is 77.4 cm³/mol. The third-order valence-electron chi connectivity index (χ3n) is 4.12. The molecule has 2 heterocycles. The number of aryl methyl sites for hydroxylation is 2. The number of nitrogens with zero attached hydrogens (tertiary/aromatic N) is 2. The van der Waals surface area contributed by atoms with E-state index in [-0.39, 0.29) is 11.9 Å². The van der Waals surface area contributed by atoms with Crippen molar-refractivity contribution >= 4 is 11.9 Å². The molecule has 0 aromatic carbocycles. The van der Waals surface area contributed by atoms with Crippen LogP contribution in [0.3, 0.4) is 0 Å². The zero-order chi connectivity index (χ0) is 15.7. The quantitative estimate of drug-likeness (QED) is 0.915. The molecule has 1 saturated heterocycles. The number of furan rings is 1. The Morgan fingerprint density at radius 1 is 1.38 bits per heavy atom. The van der Waals surface area contributed by atoms with Crippen LogP contribution in [0.4, 0.5) is 0 Å². The van der Waals surface area contributed by atoms with E-state index in [4.69, 9.17) is 4.42 Å². The number of amides is 1.